The Bertz CT molecular complexity index is 2110. The minimum atomic E-state index is -4.43. The number of nitrogens with zero attached hydrogens (tertiary/aromatic N) is 4. The van der Waals surface area contributed by atoms with E-state index >= 15 is 0 Å². The molecule has 2 aromatic heterocycles. The van der Waals surface area contributed by atoms with Crippen molar-refractivity contribution in [1.29, 1.82) is 0 Å². The number of hydrogen-bond acceptors (Lipinski definition) is 11. The minimum Gasteiger partial charge on any atom is -0.480 e. The number of aliphatic carboxylic acids is 2. The van der Waals surface area contributed by atoms with Gasteiger partial charge in [0.2, 0.25) is 5.95 Å². The first-order chi connectivity index (χ1) is 26.7. The van der Waals surface area contributed by atoms with Crippen LogP contribution in [0.25, 0.3) is 22.5 Å². The second-order valence-electron chi connectivity index (χ2n) is 13.9. The highest BCUT2D eigenvalue weighted by Crippen LogP contribution is 2.30. The number of nitrogens with two attached hydrogens (primary N) is 2. The Morgan fingerprint density at radius 1 is 0.786 bits per heavy atom. The fourth-order valence-corrected chi connectivity index (χ4v) is 6.60. The average molecular weight is 770 g/mol. The van der Waals surface area contributed by atoms with Crippen molar-refractivity contribution in [2.45, 2.75) is 63.0 Å². The van der Waals surface area contributed by atoms with E-state index in [-0.39, 0.29) is 25.3 Å². The molecule has 0 bridgehead atoms. The van der Waals surface area contributed by atoms with Crippen molar-refractivity contribution in [2.75, 3.05) is 22.9 Å². The van der Waals surface area contributed by atoms with E-state index in [1.807, 2.05) is 12.1 Å². The monoisotopic (exact) mass is 769 g/mol. The van der Waals surface area contributed by atoms with Crippen LogP contribution < -0.4 is 27.4 Å². The fourth-order valence-electron chi connectivity index (χ4n) is 6.60. The van der Waals surface area contributed by atoms with Crippen LogP contribution in [-0.2, 0) is 35.2 Å². The zero-order valence-electron chi connectivity index (χ0n) is 30.3. The highest BCUT2D eigenvalue weighted by Gasteiger charge is 2.38. The van der Waals surface area contributed by atoms with E-state index in [4.69, 9.17) is 11.5 Å². The van der Waals surface area contributed by atoms with Crippen LogP contribution in [0, 0.1) is 5.92 Å². The van der Waals surface area contributed by atoms with Gasteiger partial charge in [-0.05, 0) is 54.0 Å². The molecule has 1 saturated carbocycles. The minimum absolute atomic E-state index is 0.0408. The molecular formula is C40H42F3N9O4. The van der Waals surface area contributed by atoms with Crippen molar-refractivity contribution in [3.8, 4) is 22.5 Å². The first-order valence-corrected chi connectivity index (χ1v) is 18.1. The molecule has 9 N–H and O–H groups in total. The lowest BCUT2D eigenvalue weighted by Crippen LogP contribution is -2.65. The summed E-state index contributed by atoms with van der Waals surface area (Å²) in [6, 6.07) is 18.8. The molecule has 2 atom stereocenters. The van der Waals surface area contributed by atoms with Gasteiger partial charge in [0.15, 0.2) is 5.66 Å². The van der Waals surface area contributed by atoms with Crippen molar-refractivity contribution < 1.29 is 33.0 Å². The number of aromatic nitrogens is 4. The van der Waals surface area contributed by atoms with E-state index in [0.29, 0.717) is 51.2 Å². The summed E-state index contributed by atoms with van der Waals surface area (Å²) in [6.07, 6.45) is 3.66. The van der Waals surface area contributed by atoms with Gasteiger partial charge in [-0.25, -0.2) is 14.8 Å². The van der Waals surface area contributed by atoms with E-state index in [9.17, 15) is 33.0 Å². The van der Waals surface area contributed by atoms with Crippen LogP contribution in [0.5, 0.6) is 0 Å². The van der Waals surface area contributed by atoms with Gasteiger partial charge in [0.1, 0.15) is 17.7 Å². The van der Waals surface area contributed by atoms with E-state index in [2.05, 4.69) is 35.9 Å². The molecule has 2 heterocycles. The Kier molecular flexibility index (Phi) is 12.1. The predicted octanol–water partition coefficient (Wildman–Crippen LogP) is 5.98. The number of hydrogen-bond donors (Lipinski definition) is 7. The van der Waals surface area contributed by atoms with Gasteiger partial charge in [0, 0.05) is 36.7 Å². The average Bonchev–Trinajstić information content (AvgIpc) is 3.70. The maximum atomic E-state index is 12.9. The van der Waals surface area contributed by atoms with E-state index in [0.717, 1.165) is 24.2 Å². The van der Waals surface area contributed by atoms with Crippen LogP contribution >= 0.6 is 0 Å². The summed E-state index contributed by atoms with van der Waals surface area (Å²) < 4.78 is 38.7. The molecule has 1 aliphatic carbocycles. The molecule has 1 aliphatic rings. The molecule has 1 unspecified atom stereocenters. The van der Waals surface area contributed by atoms with Gasteiger partial charge in [-0.3, -0.25) is 15.1 Å². The molecular weight excluding hydrogens is 727 g/mol. The lowest BCUT2D eigenvalue weighted by atomic mass is 9.96. The maximum Gasteiger partial charge on any atom is 0.416 e. The van der Waals surface area contributed by atoms with Crippen LogP contribution in [-0.4, -0.2) is 60.3 Å². The molecule has 56 heavy (non-hydrogen) atoms. The highest BCUT2D eigenvalue weighted by molar-refractivity contribution is 5.81. The molecule has 0 saturated heterocycles. The Morgan fingerprint density at radius 3 is 2.00 bits per heavy atom. The summed E-state index contributed by atoms with van der Waals surface area (Å²) in [5.74, 6) is -1.03. The topological polar surface area (TPSA) is 214 Å². The Hall–Kier alpha value is -6.13. The summed E-state index contributed by atoms with van der Waals surface area (Å²) in [5, 5.41) is 29.3. The van der Waals surface area contributed by atoms with Gasteiger partial charge in [-0.15, -0.1) is 0 Å². The Morgan fingerprint density at radius 2 is 1.41 bits per heavy atom. The van der Waals surface area contributed by atoms with Gasteiger partial charge in [0.05, 0.1) is 29.3 Å². The zero-order valence-corrected chi connectivity index (χ0v) is 30.3. The Labute approximate surface area is 320 Å². The number of carboxylic acids is 2. The second-order valence-corrected chi connectivity index (χ2v) is 13.9. The standard InChI is InChI=1S/C40H42F3N9O4/c41-40(42,43)30-15-9-27(10-16-30)21-47-34-18-31(50-38(44)51-34)28-13-7-25(8-14-28)19-39(45,37(55)56)52-32(36(53)54)17-24-5-11-29(12-6-24)33-22-49-35(23-46-33)48-20-26-3-1-2-4-26/h5-16,18,22-23,26,32,52H,1-4,17,19-21,45H2,(H,48,49)(H,53,54)(H,55,56)(H3,44,47,50,51)/t32?,39-/m0/s1. The highest BCUT2D eigenvalue weighted by atomic mass is 19.4. The van der Waals surface area contributed by atoms with Gasteiger partial charge < -0.3 is 32.3 Å². The van der Waals surface area contributed by atoms with Gasteiger partial charge >= 0.3 is 18.1 Å². The number of anilines is 3. The SMILES string of the molecule is Nc1nc(NCc2ccc(C(F)(F)F)cc2)cc(-c2ccc(C[C@](N)(NC(Cc3ccc(-c4cnc(NCC5CCCC5)cn4)cc3)C(=O)O)C(=O)O)cc2)n1. The molecule has 5 aromatic rings. The van der Waals surface area contributed by atoms with Crippen LogP contribution in [0.4, 0.5) is 30.8 Å². The number of halogens is 3. The van der Waals surface area contributed by atoms with Gasteiger partial charge in [-0.2, -0.15) is 18.2 Å². The third-order valence-electron chi connectivity index (χ3n) is 9.73. The quantitative estimate of drug-likeness (QED) is 0.0576. The first kappa shape index (κ1) is 39.6. The number of rotatable bonds is 16. The number of nitrogen functional groups attached to an aromatic ring is 1. The summed E-state index contributed by atoms with van der Waals surface area (Å²) in [6.45, 7) is 1.06. The van der Waals surface area contributed by atoms with Crippen molar-refractivity contribution in [3.63, 3.8) is 0 Å². The molecule has 3 aromatic carbocycles. The third-order valence-corrected chi connectivity index (χ3v) is 9.73. The van der Waals surface area contributed by atoms with Crippen LogP contribution in [0.3, 0.4) is 0 Å². The molecule has 0 aliphatic heterocycles. The van der Waals surface area contributed by atoms with E-state index < -0.39 is 35.4 Å². The molecule has 16 heteroatoms. The smallest absolute Gasteiger partial charge is 0.416 e. The Balaban J connectivity index is 1.07. The molecule has 6 rings (SSSR count). The molecule has 292 valence electrons. The van der Waals surface area contributed by atoms with Crippen molar-refractivity contribution in [1.82, 2.24) is 25.3 Å². The molecule has 1 fully saturated rings. The largest absolute Gasteiger partial charge is 0.480 e. The normalized spacial score (nSPS) is 14.9. The summed E-state index contributed by atoms with van der Waals surface area (Å²) >= 11 is 0. The lowest BCUT2D eigenvalue weighted by molar-refractivity contribution is -0.147. The fraction of sp³-hybridized carbons (Fsp3) is 0.300. The molecule has 0 radical (unpaired) electrons. The van der Waals surface area contributed by atoms with Crippen molar-refractivity contribution in [2.24, 2.45) is 11.7 Å². The summed E-state index contributed by atoms with van der Waals surface area (Å²) in [4.78, 5) is 42.2. The summed E-state index contributed by atoms with van der Waals surface area (Å²) in [7, 11) is 0. The number of nitrogens with one attached hydrogen (secondary N) is 3. The lowest BCUT2D eigenvalue weighted by Gasteiger charge is -2.30. The number of benzene rings is 3. The second kappa shape index (κ2) is 17.1. The van der Waals surface area contributed by atoms with E-state index in [1.165, 1.54) is 37.8 Å². The molecule has 0 spiro atoms. The van der Waals surface area contributed by atoms with E-state index in [1.54, 1.807) is 54.9 Å². The van der Waals surface area contributed by atoms with Crippen LogP contribution in [0.15, 0.2) is 91.3 Å². The van der Waals surface area contributed by atoms with Crippen LogP contribution in [0.1, 0.15) is 47.9 Å². The van der Waals surface area contributed by atoms with Gasteiger partial charge in [-0.1, -0.05) is 73.5 Å². The van der Waals surface area contributed by atoms with Crippen molar-refractivity contribution in [3.05, 3.63) is 114 Å². The maximum absolute atomic E-state index is 12.9. The predicted molar refractivity (Wildman–Crippen MR) is 205 cm³/mol. The third kappa shape index (κ3) is 10.3. The number of carbonyl (C=O) groups is 2. The zero-order chi connectivity index (χ0) is 39.9. The number of carboxylic acid groups (broad SMARTS) is 2. The molecule has 13 nitrogen and oxygen atoms in total. The summed E-state index contributed by atoms with van der Waals surface area (Å²) in [5.41, 5.74) is 13.6. The molecule has 0 amide bonds. The van der Waals surface area contributed by atoms with Crippen LogP contribution in [0.2, 0.25) is 0 Å². The van der Waals surface area contributed by atoms with Gasteiger partial charge in [0.25, 0.3) is 0 Å². The number of alkyl halides is 3. The first-order valence-electron chi connectivity index (χ1n) is 18.1. The van der Waals surface area contributed by atoms with Crippen molar-refractivity contribution >= 4 is 29.5 Å².